The number of H-pyrrole nitrogens is 2. The third kappa shape index (κ3) is 4.47. The largest absolute Gasteiger partial charge is 0.358 e. The molecular formula is C31H23N7S. The van der Waals surface area contributed by atoms with E-state index in [0.29, 0.717) is 5.65 Å². The monoisotopic (exact) mass is 525 g/mol. The van der Waals surface area contributed by atoms with Crippen molar-refractivity contribution in [3.8, 4) is 33.0 Å². The van der Waals surface area contributed by atoms with Crippen molar-refractivity contribution in [1.29, 1.82) is 0 Å². The summed E-state index contributed by atoms with van der Waals surface area (Å²) in [5.74, 6) is 0. The zero-order valence-corrected chi connectivity index (χ0v) is 21.7. The number of hydrogen-bond acceptors (Lipinski definition) is 6. The van der Waals surface area contributed by atoms with E-state index in [1.807, 2.05) is 43.0 Å². The zero-order chi connectivity index (χ0) is 26.2. The molecular weight excluding hydrogens is 502 g/mol. The first-order valence-electron chi connectivity index (χ1n) is 12.5. The van der Waals surface area contributed by atoms with Gasteiger partial charge >= 0.3 is 0 Å². The van der Waals surface area contributed by atoms with Crippen LogP contribution in [0.1, 0.15) is 5.56 Å². The van der Waals surface area contributed by atoms with Crippen molar-refractivity contribution in [3.05, 3.63) is 115 Å². The highest BCUT2D eigenvalue weighted by atomic mass is 32.1. The van der Waals surface area contributed by atoms with Gasteiger partial charge in [0.25, 0.3) is 0 Å². The van der Waals surface area contributed by atoms with Gasteiger partial charge in [0.1, 0.15) is 0 Å². The van der Waals surface area contributed by atoms with Crippen molar-refractivity contribution in [2.45, 2.75) is 6.42 Å². The van der Waals surface area contributed by atoms with Crippen LogP contribution in [0, 0.1) is 0 Å². The quantitative estimate of drug-likeness (QED) is 0.201. The maximum absolute atomic E-state index is 4.63. The van der Waals surface area contributed by atoms with E-state index in [4.69, 9.17) is 0 Å². The van der Waals surface area contributed by atoms with E-state index in [2.05, 4.69) is 89.9 Å². The van der Waals surface area contributed by atoms with Crippen LogP contribution in [0.3, 0.4) is 0 Å². The van der Waals surface area contributed by atoms with Crippen LogP contribution < -0.4 is 5.32 Å². The van der Waals surface area contributed by atoms with Crippen LogP contribution in [-0.2, 0) is 6.42 Å². The van der Waals surface area contributed by atoms with Crippen molar-refractivity contribution < 1.29 is 0 Å². The van der Waals surface area contributed by atoms with Crippen molar-refractivity contribution in [2.24, 2.45) is 0 Å². The molecule has 0 fully saturated rings. The van der Waals surface area contributed by atoms with Gasteiger partial charge in [-0.2, -0.15) is 5.10 Å². The summed E-state index contributed by atoms with van der Waals surface area (Å²) < 4.78 is 0. The summed E-state index contributed by atoms with van der Waals surface area (Å²) in [5.41, 5.74) is 9.44. The van der Waals surface area contributed by atoms with Gasteiger partial charge in [-0.3, -0.25) is 15.1 Å². The van der Waals surface area contributed by atoms with E-state index in [9.17, 15) is 0 Å². The molecule has 3 N–H and O–H groups in total. The normalized spacial score (nSPS) is 11.3. The number of nitrogens with one attached hydrogen (secondary N) is 3. The fourth-order valence-electron chi connectivity index (χ4n) is 4.83. The van der Waals surface area contributed by atoms with Gasteiger partial charge in [-0.15, -0.1) is 11.3 Å². The van der Waals surface area contributed by atoms with Crippen LogP contribution in [0.15, 0.2) is 109 Å². The Morgan fingerprint density at radius 1 is 0.872 bits per heavy atom. The molecule has 6 aromatic heterocycles. The number of fused-ring (bicyclic) bond motifs is 2. The highest BCUT2D eigenvalue weighted by Crippen LogP contribution is 2.35. The van der Waals surface area contributed by atoms with Crippen LogP contribution in [0.4, 0.5) is 5.69 Å². The molecule has 1 aromatic carbocycles. The molecule has 0 unspecified atom stereocenters. The van der Waals surface area contributed by atoms with Crippen molar-refractivity contribution in [3.63, 3.8) is 0 Å². The number of benzene rings is 1. The van der Waals surface area contributed by atoms with Gasteiger partial charge in [0.2, 0.25) is 0 Å². The fourth-order valence-corrected chi connectivity index (χ4v) is 5.58. The Bertz CT molecular complexity index is 1930. The molecule has 0 amide bonds. The topological polar surface area (TPSA) is 95.2 Å². The maximum atomic E-state index is 4.63. The second-order valence-corrected chi connectivity index (χ2v) is 10.3. The molecule has 7 nitrogen and oxygen atoms in total. The van der Waals surface area contributed by atoms with Crippen LogP contribution in [-0.4, -0.2) is 30.1 Å². The molecule has 7 rings (SSSR count). The number of aromatic nitrogens is 6. The Kier molecular flexibility index (Phi) is 5.71. The van der Waals surface area contributed by atoms with E-state index in [-0.39, 0.29) is 0 Å². The van der Waals surface area contributed by atoms with E-state index in [0.717, 1.165) is 62.2 Å². The molecule has 0 aliphatic heterocycles. The summed E-state index contributed by atoms with van der Waals surface area (Å²) in [6, 6.07) is 20.8. The van der Waals surface area contributed by atoms with Crippen LogP contribution in [0.2, 0.25) is 0 Å². The van der Waals surface area contributed by atoms with E-state index in [1.54, 1.807) is 17.5 Å². The summed E-state index contributed by atoms with van der Waals surface area (Å²) in [4.78, 5) is 18.2. The van der Waals surface area contributed by atoms with Crippen LogP contribution in [0.25, 0.3) is 54.9 Å². The summed E-state index contributed by atoms with van der Waals surface area (Å²) in [5, 5.41) is 15.2. The third-order valence-electron chi connectivity index (χ3n) is 6.66. The molecule has 0 saturated heterocycles. The first-order valence-corrected chi connectivity index (χ1v) is 13.4. The van der Waals surface area contributed by atoms with Gasteiger partial charge in [0.15, 0.2) is 5.65 Å². The Morgan fingerprint density at radius 2 is 1.74 bits per heavy atom. The second kappa shape index (κ2) is 9.66. The first-order chi connectivity index (χ1) is 19.2. The molecule has 8 heteroatoms. The summed E-state index contributed by atoms with van der Waals surface area (Å²) >= 11 is 1.70. The lowest BCUT2D eigenvalue weighted by atomic mass is 10.1. The van der Waals surface area contributed by atoms with E-state index < -0.39 is 0 Å². The fraction of sp³-hybridized carbons (Fsp3) is 0.0323. The summed E-state index contributed by atoms with van der Waals surface area (Å²) in [7, 11) is 0. The number of nitrogens with zero attached hydrogens (tertiary/aromatic N) is 4. The molecule has 0 radical (unpaired) electrons. The highest BCUT2D eigenvalue weighted by Gasteiger charge is 2.15. The minimum absolute atomic E-state index is 0.655. The number of aromatic amines is 2. The molecule has 0 aliphatic carbocycles. The number of rotatable bonds is 7. The molecule has 6 heterocycles. The SMILES string of the molecule is C=C(Cc1ccccc1)Nc1cncc(-c2cnc3n[nH]c(-c4cc5c(-c6cccs6)cncc5[nH]4)c3c2)c1. The van der Waals surface area contributed by atoms with Gasteiger partial charge < -0.3 is 10.3 Å². The summed E-state index contributed by atoms with van der Waals surface area (Å²) in [6.45, 7) is 4.20. The number of thiophene rings is 1. The number of allylic oxidation sites excluding steroid dienone is 1. The predicted molar refractivity (Wildman–Crippen MR) is 158 cm³/mol. The smallest absolute Gasteiger partial charge is 0.181 e. The average Bonchev–Trinajstić information content (AvgIpc) is 3.73. The van der Waals surface area contributed by atoms with E-state index in [1.165, 1.54) is 10.4 Å². The van der Waals surface area contributed by atoms with Crippen LogP contribution in [0.5, 0.6) is 0 Å². The zero-order valence-electron chi connectivity index (χ0n) is 20.8. The minimum Gasteiger partial charge on any atom is -0.358 e. The van der Waals surface area contributed by atoms with E-state index >= 15 is 0 Å². The van der Waals surface area contributed by atoms with Gasteiger partial charge in [0, 0.05) is 63.0 Å². The van der Waals surface area contributed by atoms with Crippen molar-refractivity contribution >= 4 is 39.0 Å². The Balaban J connectivity index is 1.21. The van der Waals surface area contributed by atoms with Gasteiger partial charge in [0.05, 0.1) is 35.0 Å². The second-order valence-electron chi connectivity index (χ2n) is 9.36. The molecule has 188 valence electrons. The lowest BCUT2D eigenvalue weighted by Gasteiger charge is -2.11. The molecule has 0 bridgehead atoms. The Morgan fingerprint density at radius 3 is 2.62 bits per heavy atom. The number of hydrogen-bond donors (Lipinski definition) is 3. The van der Waals surface area contributed by atoms with Gasteiger partial charge in [-0.25, -0.2) is 4.98 Å². The lowest BCUT2D eigenvalue weighted by molar-refractivity contribution is 1.10. The predicted octanol–water partition coefficient (Wildman–Crippen LogP) is 7.46. The lowest BCUT2D eigenvalue weighted by Crippen LogP contribution is -2.02. The van der Waals surface area contributed by atoms with Crippen LogP contribution >= 0.6 is 11.3 Å². The Labute approximate surface area is 228 Å². The Hall–Kier alpha value is -5.08. The van der Waals surface area contributed by atoms with Crippen molar-refractivity contribution in [1.82, 2.24) is 30.1 Å². The number of pyridine rings is 3. The molecule has 0 atom stereocenters. The highest BCUT2D eigenvalue weighted by molar-refractivity contribution is 7.13. The standard InChI is InChI=1S/C31H23N7S/c1-19(10-20-6-3-2-4-7-20)35-23-11-21(14-32-16-23)22-12-25-30(37-38-31(25)34-15-22)27-13-24-26(29-8-5-9-39-29)17-33-18-28(24)36-27/h2-9,11-18,35-36H,1,10H2,(H,34,37,38). The summed E-state index contributed by atoms with van der Waals surface area (Å²) in [6.07, 6.45) is 9.99. The minimum atomic E-state index is 0.655. The average molecular weight is 526 g/mol. The molecule has 0 saturated carbocycles. The molecule has 39 heavy (non-hydrogen) atoms. The van der Waals surface area contributed by atoms with Gasteiger partial charge in [-0.1, -0.05) is 43.0 Å². The maximum Gasteiger partial charge on any atom is 0.181 e. The number of anilines is 1. The molecule has 0 aliphatic rings. The molecule has 0 spiro atoms. The molecule has 7 aromatic rings. The third-order valence-corrected chi connectivity index (χ3v) is 7.57. The van der Waals surface area contributed by atoms with Gasteiger partial charge in [-0.05, 0) is 35.2 Å². The van der Waals surface area contributed by atoms with Crippen molar-refractivity contribution in [2.75, 3.05) is 5.32 Å². The first kappa shape index (κ1) is 23.1.